The van der Waals surface area contributed by atoms with Gasteiger partial charge in [0, 0.05) is 31.3 Å². The fourth-order valence-corrected chi connectivity index (χ4v) is 2.26. The topological polar surface area (TPSA) is 73.3 Å². The molecule has 1 aromatic heterocycles. The lowest BCUT2D eigenvalue weighted by Gasteiger charge is -2.31. The van der Waals surface area contributed by atoms with Crippen molar-refractivity contribution in [3.05, 3.63) is 18.0 Å². The molecule has 0 spiro atoms. The summed E-state index contributed by atoms with van der Waals surface area (Å²) >= 11 is 0. The van der Waals surface area contributed by atoms with Gasteiger partial charge in [-0.2, -0.15) is 5.10 Å². The van der Waals surface area contributed by atoms with E-state index in [0.717, 1.165) is 18.7 Å². The highest BCUT2D eigenvalue weighted by Crippen LogP contribution is 2.40. The standard InChI is InChI=1S/C11H19N3O2/c1-2-14-9(3-5-13-14)10(15)11(7-12)4-6-16-8-11/h3,5,10,15H,2,4,6-8,12H2,1H3. The first-order valence-electron chi connectivity index (χ1n) is 5.71. The van der Waals surface area contributed by atoms with Gasteiger partial charge in [0.25, 0.3) is 0 Å². The number of hydrogen-bond donors (Lipinski definition) is 2. The van der Waals surface area contributed by atoms with Crippen LogP contribution in [0, 0.1) is 5.41 Å². The SMILES string of the molecule is CCn1nccc1C(O)C1(CN)CCOC1. The largest absolute Gasteiger partial charge is 0.386 e. The van der Waals surface area contributed by atoms with Crippen LogP contribution >= 0.6 is 0 Å². The third kappa shape index (κ3) is 1.75. The van der Waals surface area contributed by atoms with Gasteiger partial charge in [0.05, 0.1) is 12.3 Å². The molecule has 90 valence electrons. The molecular formula is C11H19N3O2. The summed E-state index contributed by atoms with van der Waals surface area (Å²) < 4.78 is 7.18. The molecule has 5 nitrogen and oxygen atoms in total. The van der Waals surface area contributed by atoms with E-state index >= 15 is 0 Å². The Bertz CT molecular complexity index is 345. The smallest absolute Gasteiger partial charge is 0.105 e. The summed E-state index contributed by atoms with van der Waals surface area (Å²) in [6.07, 6.45) is 1.92. The number of aliphatic hydroxyl groups excluding tert-OH is 1. The van der Waals surface area contributed by atoms with Crippen molar-refractivity contribution in [3.8, 4) is 0 Å². The summed E-state index contributed by atoms with van der Waals surface area (Å²) in [7, 11) is 0. The van der Waals surface area contributed by atoms with Gasteiger partial charge in [-0.15, -0.1) is 0 Å². The summed E-state index contributed by atoms with van der Waals surface area (Å²) in [5.41, 5.74) is 6.29. The molecule has 1 fully saturated rings. The normalized spacial score (nSPS) is 27.2. The molecule has 0 aliphatic carbocycles. The van der Waals surface area contributed by atoms with Gasteiger partial charge in [-0.25, -0.2) is 0 Å². The van der Waals surface area contributed by atoms with Crippen molar-refractivity contribution in [2.45, 2.75) is 26.0 Å². The first-order valence-corrected chi connectivity index (χ1v) is 5.71. The van der Waals surface area contributed by atoms with Crippen LogP contribution in [0.1, 0.15) is 25.1 Å². The highest BCUT2D eigenvalue weighted by Gasteiger charge is 2.42. The fourth-order valence-electron chi connectivity index (χ4n) is 2.26. The van der Waals surface area contributed by atoms with E-state index in [2.05, 4.69) is 5.10 Å². The van der Waals surface area contributed by atoms with Crippen molar-refractivity contribution in [3.63, 3.8) is 0 Å². The van der Waals surface area contributed by atoms with E-state index in [1.54, 1.807) is 10.9 Å². The minimum atomic E-state index is -0.595. The molecule has 0 bridgehead atoms. The highest BCUT2D eigenvalue weighted by molar-refractivity contribution is 5.10. The number of rotatable bonds is 4. The van der Waals surface area contributed by atoms with Crippen LogP contribution in [0.4, 0.5) is 0 Å². The maximum atomic E-state index is 10.5. The molecule has 2 heterocycles. The first kappa shape index (κ1) is 11.6. The number of hydrogen-bond acceptors (Lipinski definition) is 4. The van der Waals surface area contributed by atoms with Crippen LogP contribution in [0.15, 0.2) is 12.3 Å². The van der Waals surface area contributed by atoms with E-state index in [9.17, 15) is 5.11 Å². The van der Waals surface area contributed by atoms with Crippen molar-refractivity contribution >= 4 is 0 Å². The molecule has 2 unspecified atom stereocenters. The molecular weight excluding hydrogens is 206 g/mol. The molecule has 0 amide bonds. The van der Waals surface area contributed by atoms with Crippen molar-refractivity contribution < 1.29 is 9.84 Å². The fraction of sp³-hybridized carbons (Fsp3) is 0.727. The van der Waals surface area contributed by atoms with Gasteiger partial charge in [0.2, 0.25) is 0 Å². The Morgan fingerprint density at radius 1 is 1.75 bits per heavy atom. The second-order valence-corrected chi connectivity index (χ2v) is 4.34. The summed E-state index contributed by atoms with van der Waals surface area (Å²) in [6, 6.07) is 1.85. The Hall–Kier alpha value is -0.910. The van der Waals surface area contributed by atoms with E-state index in [-0.39, 0.29) is 5.41 Å². The van der Waals surface area contributed by atoms with Crippen molar-refractivity contribution in [2.24, 2.45) is 11.1 Å². The minimum Gasteiger partial charge on any atom is -0.386 e. The predicted molar refractivity (Wildman–Crippen MR) is 59.8 cm³/mol. The zero-order valence-corrected chi connectivity index (χ0v) is 9.59. The molecule has 1 saturated heterocycles. The van der Waals surface area contributed by atoms with Crippen LogP contribution in [-0.4, -0.2) is 34.6 Å². The van der Waals surface area contributed by atoms with Crippen LogP contribution in [0.2, 0.25) is 0 Å². The lowest BCUT2D eigenvalue weighted by atomic mass is 9.80. The Kier molecular flexibility index (Phi) is 3.28. The molecule has 5 heteroatoms. The maximum Gasteiger partial charge on any atom is 0.105 e. The molecule has 16 heavy (non-hydrogen) atoms. The van der Waals surface area contributed by atoms with E-state index in [1.807, 2.05) is 13.0 Å². The summed E-state index contributed by atoms with van der Waals surface area (Å²) in [5, 5.41) is 14.6. The summed E-state index contributed by atoms with van der Waals surface area (Å²) in [6.45, 7) is 4.39. The summed E-state index contributed by atoms with van der Waals surface area (Å²) in [4.78, 5) is 0. The number of aliphatic hydroxyl groups is 1. The second kappa shape index (κ2) is 4.53. The third-order valence-electron chi connectivity index (χ3n) is 3.45. The number of aryl methyl sites for hydroxylation is 1. The average molecular weight is 225 g/mol. The quantitative estimate of drug-likeness (QED) is 0.773. The number of aromatic nitrogens is 2. The van der Waals surface area contributed by atoms with Gasteiger partial charge in [-0.1, -0.05) is 0 Å². The Labute approximate surface area is 95.2 Å². The average Bonchev–Trinajstić information content (AvgIpc) is 2.97. The van der Waals surface area contributed by atoms with Crippen molar-refractivity contribution in [1.82, 2.24) is 9.78 Å². The van der Waals surface area contributed by atoms with Gasteiger partial charge in [0.1, 0.15) is 6.10 Å². The second-order valence-electron chi connectivity index (χ2n) is 4.34. The molecule has 1 aliphatic rings. The minimum absolute atomic E-state index is 0.340. The van der Waals surface area contributed by atoms with Crippen LogP contribution in [0.5, 0.6) is 0 Å². The van der Waals surface area contributed by atoms with Crippen molar-refractivity contribution in [2.75, 3.05) is 19.8 Å². The molecule has 1 aliphatic heterocycles. The Morgan fingerprint density at radius 2 is 2.56 bits per heavy atom. The monoisotopic (exact) mass is 225 g/mol. The number of nitrogens with zero attached hydrogens (tertiary/aromatic N) is 2. The molecule has 3 N–H and O–H groups in total. The lowest BCUT2D eigenvalue weighted by Crippen LogP contribution is -2.38. The van der Waals surface area contributed by atoms with Gasteiger partial charge < -0.3 is 15.6 Å². The van der Waals surface area contributed by atoms with Crippen LogP contribution in [-0.2, 0) is 11.3 Å². The number of nitrogens with two attached hydrogens (primary N) is 1. The zero-order valence-electron chi connectivity index (χ0n) is 9.59. The summed E-state index contributed by atoms with van der Waals surface area (Å²) in [5.74, 6) is 0. The Balaban J connectivity index is 2.26. The highest BCUT2D eigenvalue weighted by atomic mass is 16.5. The molecule has 2 atom stereocenters. The first-order chi connectivity index (χ1) is 7.73. The van der Waals surface area contributed by atoms with Gasteiger partial charge in [-0.3, -0.25) is 4.68 Å². The van der Waals surface area contributed by atoms with Gasteiger partial charge in [-0.05, 0) is 19.4 Å². The maximum absolute atomic E-state index is 10.5. The van der Waals surface area contributed by atoms with E-state index in [4.69, 9.17) is 10.5 Å². The molecule has 0 saturated carbocycles. The van der Waals surface area contributed by atoms with Crippen LogP contribution in [0.3, 0.4) is 0 Å². The van der Waals surface area contributed by atoms with E-state index in [1.165, 1.54) is 0 Å². The van der Waals surface area contributed by atoms with E-state index < -0.39 is 6.10 Å². The molecule has 0 radical (unpaired) electrons. The molecule has 2 rings (SSSR count). The third-order valence-corrected chi connectivity index (χ3v) is 3.45. The van der Waals surface area contributed by atoms with Crippen molar-refractivity contribution in [1.29, 1.82) is 0 Å². The molecule has 1 aromatic rings. The lowest BCUT2D eigenvalue weighted by molar-refractivity contribution is 0.0132. The number of ether oxygens (including phenoxy) is 1. The van der Waals surface area contributed by atoms with Gasteiger partial charge >= 0.3 is 0 Å². The van der Waals surface area contributed by atoms with Crippen LogP contribution < -0.4 is 5.73 Å². The van der Waals surface area contributed by atoms with Gasteiger partial charge in [0.15, 0.2) is 0 Å². The Morgan fingerprint density at radius 3 is 3.12 bits per heavy atom. The van der Waals surface area contributed by atoms with Crippen LogP contribution in [0.25, 0.3) is 0 Å². The molecule has 0 aromatic carbocycles. The van der Waals surface area contributed by atoms with E-state index in [0.29, 0.717) is 19.8 Å². The predicted octanol–water partition coefficient (Wildman–Crippen LogP) is 0.302. The zero-order chi connectivity index (χ0) is 11.6.